The quantitative estimate of drug-likeness (QED) is 0.521. The summed E-state index contributed by atoms with van der Waals surface area (Å²) < 4.78 is 5.22. The van der Waals surface area contributed by atoms with E-state index >= 15 is 0 Å². The molecule has 0 spiro atoms. The van der Waals surface area contributed by atoms with E-state index in [1.165, 1.54) is 0 Å². The zero-order valence-corrected chi connectivity index (χ0v) is 12.2. The van der Waals surface area contributed by atoms with Gasteiger partial charge in [0.25, 0.3) is 0 Å². The molecule has 0 bridgehead atoms. The van der Waals surface area contributed by atoms with Crippen LogP contribution in [0.4, 0.5) is 0 Å². The van der Waals surface area contributed by atoms with Gasteiger partial charge in [-0.2, -0.15) is 0 Å². The van der Waals surface area contributed by atoms with Gasteiger partial charge in [0.2, 0.25) is 5.91 Å². The number of amides is 1. The molecule has 3 unspecified atom stereocenters. The summed E-state index contributed by atoms with van der Waals surface area (Å²) in [5.41, 5.74) is 0. The molecule has 5 nitrogen and oxygen atoms in total. The third kappa shape index (κ3) is 5.91. The standard InChI is InChI=1S/C13H23ClN2O3/c1-9(2)7-11(16-14)13(18)15-10-5-3-4-6-19-8-12(10)17/h3-4,9-12,16-17H,5-8H2,1-2H3,(H,15,18). The maximum Gasteiger partial charge on any atom is 0.238 e. The van der Waals surface area contributed by atoms with Gasteiger partial charge < -0.3 is 15.2 Å². The van der Waals surface area contributed by atoms with Crippen molar-refractivity contribution in [1.29, 1.82) is 0 Å². The molecule has 110 valence electrons. The van der Waals surface area contributed by atoms with Crippen molar-refractivity contribution in [3.63, 3.8) is 0 Å². The molecule has 0 saturated heterocycles. The van der Waals surface area contributed by atoms with Gasteiger partial charge in [0.1, 0.15) is 6.04 Å². The summed E-state index contributed by atoms with van der Waals surface area (Å²) in [6.45, 7) is 4.76. The summed E-state index contributed by atoms with van der Waals surface area (Å²) >= 11 is 5.61. The summed E-state index contributed by atoms with van der Waals surface area (Å²) in [4.78, 5) is 14.6. The number of aliphatic hydroxyl groups is 1. The average molecular weight is 291 g/mol. The molecule has 6 heteroatoms. The van der Waals surface area contributed by atoms with Gasteiger partial charge in [-0.15, -0.1) is 0 Å². The number of hydrogen-bond donors (Lipinski definition) is 3. The van der Waals surface area contributed by atoms with Crippen molar-refractivity contribution in [2.45, 2.75) is 44.9 Å². The number of hydrogen-bond acceptors (Lipinski definition) is 4. The maximum absolute atomic E-state index is 12.1. The molecule has 0 aliphatic carbocycles. The van der Waals surface area contributed by atoms with Gasteiger partial charge >= 0.3 is 0 Å². The molecule has 1 amide bonds. The lowest BCUT2D eigenvalue weighted by atomic mass is 10.0. The third-order valence-electron chi connectivity index (χ3n) is 3.01. The highest BCUT2D eigenvalue weighted by atomic mass is 35.5. The summed E-state index contributed by atoms with van der Waals surface area (Å²) in [7, 11) is 0. The zero-order chi connectivity index (χ0) is 14.3. The van der Waals surface area contributed by atoms with Gasteiger partial charge in [0.05, 0.1) is 25.4 Å². The van der Waals surface area contributed by atoms with Gasteiger partial charge in [0, 0.05) is 0 Å². The predicted octanol–water partition coefficient (Wildman–Crippen LogP) is 0.967. The first-order valence-electron chi connectivity index (χ1n) is 6.62. The smallest absolute Gasteiger partial charge is 0.238 e. The zero-order valence-electron chi connectivity index (χ0n) is 11.4. The summed E-state index contributed by atoms with van der Waals surface area (Å²) in [5, 5.41) is 12.8. The Bertz CT molecular complexity index is 310. The van der Waals surface area contributed by atoms with Gasteiger partial charge in [-0.3, -0.25) is 4.79 Å². The number of carbonyl (C=O) groups excluding carboxylic acids is 1. The number of rotatable bonds is 5. The van der Waals surface area contributed by atoms with Crippen LogP contribution in [0.1, 0.15) is 26.7 Å². The molecule has 3 N–H and O–H groups in total. The number of aliphatic hydroxyl groups excluding tert-OH is 1. The first kappa shape index (κ1) is 16.4. The lowest BCUT2D eigenvalue weighted by Crippen LogP contribution is -2.51. The van der Waals surface area contributed by atoms with E-state index in [4.69, 9.17) is 16.5 Å². The molecular weight excluding hydrogens is 268 g/mol. The van der Waals surface area contributed by atoms with Crippen LogP contribution >= 0.6 is 11.8 Å². The van der Waals surface area contributed by atoms with Crippen molar-refractivity contribution in [3.8, 4) is 0 Å². The van der Waals surface area contributed by atoms with E-state index in [0.717, 1.165) is 0 Å². The van der Waals surface area contributed by atoms with Crippen LogP contribution < -0.4 is 10.2 Å². The van der Waals surface area contributed by atoms with Crippen molar-refractivity contribution >= 4 is 17.7 Å². The highest BCUT2D eigenvalue weighted by Gasteiger charge is 2.25. The Labute approximate surface area is 119 Å². The topological polar surface area (TPSA) is 70.6 Å². The van der Waals surface area contributed by atoms with E-state index in [2.05, 4.69) is 10.2 Å². The summed E-state index contributed by atoms with van der Waals surface area (Å²) in [6.07, 6.45) is 4.32. The van der Waals surface area contributed by atoms with Gasteiger partial charge in [0.15, 0.2) is 0 Å². The van der Waals surface area contributed by atoms with Crippen LogP contribution in [0.5, 0.6) is 0 Å². The summed E-state index contributed by atoms with van der Waals surface area (Å²) in [5.74, 6) is 0.161. The minimum atomic E-state index is -0.705. The molecule has 0 aromatic heterocycles. The molecule has 19 heavy (non-hydrogen) atoms. The largest absolute Gasteiger partial charge is 0.389 e. The molecular formula is C13H23ClN2O3. The second-order valence-corrected chi connectivity index (χ2v) is 5.44. The van der Waals surface area contributed by atoms with Crippen LogP contribution in [-0.2, 0) is 9.53 Å². The Kier molecular flexibility index (Phi) is 7.38. The molecule has 1 heterocycles. The van der Waals surface area contributed by atoms with Gasteiger partial charge in [-0.1, -0.05) is 26.0 Å². The van der Waals surface area contributed by atoms with Crippen molar-refractivity contribution in [2.24, 2.45) is 5.92 Å². The van der Waals surface area contributed by atoms with Crippen LogP contribution in [0.2, 0.25) is 0 Å². The van der Waals surface area contributed by atoms with Crippen LogP contribution in [0, 0.1) is 5.92 Å². The highest BCUT2D eigenvalue weighted by Crippen LogP contribution is 2.09. The van der Waals surface area contributed by atoms with Crippen LogP contribution in [0.3, 0.4) is 0 Å². The van der Waals surface area contributed by atoms with Crippen molar-refractivity contribution in [2.75, 3.05) is 13.2 Å². The third-order valence-corrected chi connectivity index (χ3v) is 3.27. The van der Waals surface area contributed by atoms with Crippen molar-refractivity contribution < 1.29 is 14.6 Å². The molecule has 0 fully saturated rings. The van der Waals surface area contributed by atoms with E-state index in [-0.39, 0.29) is 18.6 Å². The van der Waals surface area contributed by atoms with E-state index in [1.54, 1.807) is 0 Å². The molecule has 3 atom stereocenters. The molecule has 0 aromatic carbocycles. The Hall–Kier alpha value is -0.620. The molecule has 0 saturated carbocycles. The van der Waals surface area contributed by atoms with Crippen LogP contribution in [0.25, 0.3) is 0 Å². The predicted molar refractivity (Wildman–Crippen MR) is 74.7 cm³/mol. The van der Waals surface area contributed by atoms with E-state index in [1.807, 2.05) is 26.0 Å². The molecule has 1 aliphatic heterocycles. The fraction of sp³-hybridized carbons (Fsp3) is 0.769. The van der Waals surface area contributed by atoms with Crippen LogP contribution in [-0.4, -0.2) is 42.4 Å². The van der Waals surface area contributed by atoms with E-state index < -0.39 is 12.1 Å². The Morgan fingerprint density at radius 1 is 1.53 bits per heavy atom. The first-order valence-corrected chi connectivity index (χ1v) is 6.99. The minimum absolute atomic E-state index is 0.193. The SMILES string of the molecule is CC(C)CC(NCl)C(=O)NC1CC=CCOCC1O. The number of nitrogens with one attached hydrogen (secondary N) is 2. The maximum atomic E-state index is 12.1. The second kappa shape index (κ2) is 8.53. The molecule has 1 rings (SSSR count). The fourth-order valence-corrected chi connectivity index (χ4v) is 2.14. The van der Waals surface area contributed by atoms with E-state index in [0.29, 0.717) is 25.4 Å². The summed E-state index contributed by atoms with van der Waals surface area (Å²) in [6, 6.07) is -0.798. The minimum Gasteiger partial charge on any atom is -0.389 e. The number of halogens is 1. The normalized spacial score (nSPS) is 25.7. The Balaban J connectivity index is 2.56. The van der Waals surface area contributed by atoms with Gasteiger partial charge in [-0.25, -0.2) is 4.84 Å². The van der Waals surface area contributed by atoms with Crippen molar-refractivity contribution in [3.05, 3.63) is 12.2 Å². The number of carbonyl (C=O) groups is 1. The second-order valence-electron chi connectivity index (χ2n) is 5.22. The fourth-order valence-electron chi connectivity index (χ4n) is 1.95. The van der Waals surface area contributed by atoms with Crippen molar-refractivity contribution in [1.82, 2.24) is 10.2 Å². The van der Waals surface area contributed by atoms with Crippen LogP contribution in [0.15, 0.2) is 12.2 Å². The lowest BCUT2D eigenvalue weighted by Gasteiger charge is -2.26. The Morgan fingerprint density at radius 2 is 2.26 bits per heavy atom. The number of ether oxygens (including phenoxy) is 1. The molecule has 0 aromatic rings. The monoisotopic (exact) mass is 290 g/mol. The molecule has 1 aliphatic rings. The lowest BCUT2D eigenvalue weighted by molar-refractivity contribution is -0.125. The van der Waals surface area contributed by atoms with E-state index in [9.17, 15) is 9.90 Å². The average Bonchev–Trinajstić information content (AvgIpc) is 2.35. The molecule has 0 radical (unpaired) electrons. The highest BCUT2D eigenvalue weighted by molar-refractivity contribution is 6.15. The van der Waals surface area contributed by atoms with Gasteiger partial charge in [-0.05, 0) is 30.5 Å². The first-order chi connectivity index (χ1) is 9.04. The Morgan fingerprint density at radius 3 is 2.89 bits per heavy atom.